The van der Waals surface area contributed by atoms with Crippen LogP contribution in [0.15, 0.2) is 18.2 Å². The van der Waals surface area contributed by atoms with E-state index in [2.05, 4.69) is 0 Å². The number of benzene rings is 1. The third kappa shape index (κ3) is 1.20. The van der Waals surface area contributed by atoms with Crippen LogP contribution in [0.2, 0.25) is 0 Å². The highest BCUT2D eigenvalue weighted by atomic mass is 19.1. The van der Waals surface area contributed by atoms with Crippen molar-refractivity contribution in [2.45, 2.75) is 18.8 Å². The summed E-state index contributed by atoms with van der Waals surface area (Å²) in [6.45, 7) is 0. The van der Waals surface area contributed by atoms with E-state index in [9.17, 15) is 4.39 Å². The smallest absolute Gasteiger partial charge is 0.126 e. The van der Waals surface area contributed by atoms with Crippen molar-refractivity contribution in [1.82, 2.24) is 0 Å². The van der Waals surface area contributed by atoms with E-state index in [-0.39, 0.29) is 11.6 Å². The highest BCUT2D eigenvalue weighted by Gasteiger charge is 2.26. The Morgan fingerprint density at radius 2 is 2.09 bits per heavy atom. The molecule has 11 heavy (non-hydrogen) atoms. The number of halogens is 1. The van der Waals surface area contributed by atoms with Gasteiger partial charge in [-0.15, -0.1) is 0 Å². The minimum Gasteiger partial charge on any atom is -0.508 e. The Morgan fingerprint density at radius 3 is 2.73 bits per heavy atom. The van der Waals surface area contributed by atoms with Gasteiger partial charge in [0.1, 0.15) is 11.6 Å². The summed E-state index contributed by atoms with van der Waals surface area (Å²) >= 11 is 0. The van der Waals surface area contributed by atoms with Crippen LogP contribution in [0.3, 0.4) is 0 Å². The van der Waals surface area contributed by atoms with Crippen molar-refractivity contribution in [3.8, 4) is 5.75 Å². The van der Waals surface area contributed by atoms with Crippen molar-refractivity contribution in [2.75, 3.05) is 0 Å². The molecule has 0 unspecified atom stereocenters. The van der Waals surface area contributed by atoms with Crippen molar-refractivity contribution >= 4 is 0 Å². The summed E-state index contributed by atoms with van der Waals surface area (Å²) in [6.07, 6.45) is 2.11. The molecule has 1 nitrogen and oxygen atoms in total. The Bertz CT molecular complexity index is 279. The Hall–Kier alpha value is -1.05. The molecular formula is C9H9FO. The molecule has 1 fully saturated rings. The minimum atomic E-state index is -0.190. The van der Waals surface area contributed by atoms with Crippen LogP contribution in [0.5, 0.6) is 5.75 Å². The van der Waals surface area contributed by atoms with Gasteiger partial charge in [-0.1, -0.05) is 0 Å². The van der Waals surface area contributed by atoms with Gasteiger partial charge in [-0.3, -0.25) is 0 Å². The van der Waals surface area contributed by atoms with Crippen LogP contribution in [0.25, 0.3) is 0 Å². The Labute approximate surface area is 64.5 Å². The second kappa shape index (κ2) is 2.22. The summed E-state index contributed by atoms with van der Waals surface area (Å²) in [5.74, 6) is 0.334. The number of aromatic hydroxyl groups is 1. The van der Waals surface area contributed by atoms with Crippen molar-refractivity contribution < 1.29 is 9.50 Å². The number of hydrogen-bond donors (Lipinski definition) is 1. The molecular weight excluding hydrogens is 143 g/mol. The first-order chi connectivity index (χ1) is 5.27. The predicted octanol–water partition coefficient (Wildman–Crippen LogP) is 2.41. The highest BCUT2D eigenvalue weighted by molar-refractivity contribution is 5.33. The molecule has 1 aliphatic carbocycles. The minimum absolute atomic E-state index is 0.160. The van der Waals surface area contributed by atoms with Gasteiger partial charge in [-0.05, 0) is 42.5 Å². The number of hydrogen-bond acceptors (Lipinski definition) is 1. The van der Waals surface area contributed by atoms with E-state index in [0.29, 0.717) is 11.5 Å². The Morgan fingerprint density at radius 1 is 1.36 bits per heavy atom. The second-order valence-corrected chi connectivity index (χ2v) is 2.98. The second-order valence-electron chi connectivity index (χ2n) is 2.98. The maximum Gasteiger partial charge on any atom is 0.126 e. The van der Waals surface area contributed by atoms with Crippen molar-refractivity contribution in [3.63, 3.8) is 0 Å². The fourth-order valence-electron chi connectivity index (χ4n) is 1.24. The van der Waals surface area contributed by atoms with E-state index < -0.39 is 0 Å². The lowest BCUT2D eigenvalue weighted by Crippen LogP contribution is -1.85. The van der Waals surface area contributed by atoms with Gasteiger partial charge >= 0.3 is 0 Å². The van der Waals surface area contributed by atoms with Crippen LogP contribution in [-0.2, 0) is 0 Å². The molecule has 1 N–H and O–H groups in total. The lowest BCUT2D eigenvalue weighted by Gasteiger charge is -1.99. The lowest BCUT2D eigenvalue weighted by atomic mass is 10.1. The van der Waals surface area contributed by atoms with Gasteiger partial charge in [0.25, 0.3) is 0 Å². The Balaban J connectivity index is 2.42. The van der Waals surface area contributed by atoms with E-state index in [1.165, 1.54) is 18.2 Å². The molecule has 0 amide bonds. The van der Waals surface area contributed by atoms with Crippen LogP contribution in [0, 0.1) is 5.82 Å². The van der Waals surface area contributed by atoms with Crippen LogP contribution in [-0.4, -0.2) is 5.11 Å². The van der Waals surface area contributed by atoms with Gasteiger partial charge in [0.05, 0.1) is 0 Å². The zero-order valence-corrected chi connectivity index (χ0v) is 6.05. The Kier molecular flexibility index (Phi) is 1.34. The molecule has 0 atom stereocenters. The largest absolute Gasteiger partial charge is 0.508 e. The van der Waals surface area contributed by atoms with Crippen LogP contribution in [0.4, 0.5) is 4.39 Å². The molecule has 2 heteroatoms. The predicted molar refractivity (Wildman–Crippen MR) is 40.0 cm³/mol. The number of rotatable bonds is 1. The van der Waals surface area contributed by atoms with Gasteiger partial charge < -0.3 is 5.11 Å². The van der Waals surface area contributed by atoms with E-state index in [4.69, 9.17) is 5.11 Å². The SMILES string of the molecule is Oc1ccc(F)c(C2CC2)c1. The van der Waals surface area contributed by atoms with E-state index >= 15 is 0 Å². The monoisotopic (exact) mass is 152 g/mol. The summed E-state index contributed by atoms with van der Waals surface area (Å²) in [5.41, 5.74) is 0.671. The molecule has 1 aliphatic rings. The molecule has 2 rings (SSSR count). The first kappa shape index (κ1) is 6.65. The summed E-state index contributed by atoms with van der Waals surface area (Å²) in [4.78, 5) is 0. The number of phenols is 1. The first-order valence-electron chi connectivity index (χ1n) is 3.76. The quantitative estimate of drug-likeness (QED) is 0.655. The maximum atomic E-state index is 12.9. The first-order valence-corrected chi connectivity index (χ1v) is 3.76. The van der Waals surface area contributed by atoms with Crippen molar-refractivity contribution in [3.05, 3.63) is 29.6 Å². The summed E-state index contributed by atoms with van der Waals surface area (Å²) in [6, 6.07) is 4.22. The summed E-state index contributed by atoms with van der Waals surface area (Å²) in [5, 5.41) is 9.05. The van der Waals surface area contributed by atoms with E-state index in [1.54, 1.807) is 0 Å². The van der Waals surface area contributed by atoms with Gasteiger partial charge in [-0.2, -0.15) is 0 Å². The van der Waals surface area contributed by atoms with E-state index in [0.717, 1.165) is 12.8 Å². The third-order valence-electron chi connectivity index (χ3n) is 2.00. The normalized spacial score (nSPS) is 16.8. The number of phenolic OH excluding ortho intramolecular Hbond substituents is 1. The topological polar surface area (TPSA) is 20.2 Å². The van der Waals surface area contributed by atoms with Gasteiger partial charge in [0, 0.05) is 0 Å². The van der Waals surface area contributed by atoms with Crippen molar-refractivity contribution in [2.24, 2.45) is 0 Å². The van der Waals surface area contributed by atoms with Crippen LogP contribution in [0.1, 0.15) is 24.3 Å². The lowest BCUT2D eigenvalue weighted by molar-refractivity contribution is 0.471. The third-order valence-corrected chi connectivity index (χ3v) is 2.00. The average Bonchev–Trinajstić information content (AvgIpc) is 2.76. The van der Waals surface area contributed by atoms with Crippen LogP contribution >= 0.6 is 0 Å². The average molecular weight is 152 g/mol. The molecule has 0 saturated heterocycles. The molecule has 1 saturated carbocycles. The van der Waals surface area contributed by atoms with Crippen molar-refractivity contribution in [1.29, 1.82) is 0 Å². The molecule has 0 radical (unpaired) electrons. The molecule has 58 valence electrons. The highest BCUT2D eigenvalue weighted by Crippen LogP contribution is 2.42. The van der Waals surface area contributed by atoms with Gasteiger partial charge in [0.15, 0.2) is 0 Å². The standard InChI is InChI=1S/C9H9FO/c10-9-4-3-7(11)5-8(9)6-1-2-6/h3-6,11H,1-2H2. The molecule has 0 spiro atoms. The summed E-state index contributed by atoms with van der Waals surface area (Å²) in [7, 11) is 0. The fraction of sp³-hybridized carbons (Fsp3) is 0.333. The summed E-state index contributed by atoms with van der Waals surface area (Å²) < 4.78 is 12.9. The zero-order valence-electron chi connectivity index (χ0n) is 6.05. The molecule has 0 aliphatic heterocycles. The molecule has 1 aromatic rings. The van der Waals surface area contributed by atoms with Gasteiger partial charge in [0.2, 0.25) is 0 Å². The van der Waals surface area contributed by atoms with E-state index in [1.807, 2.05) is 0 Å². The van der Waals surface area contributed by atoms with Crippen LogP contribution < -0.4 is 0 Å². The fourth-order valence-corrected chi connectivity index (χ4v) is 1.24. The molecule has 0 aromatic heterocycles. The molecule has 0 heterocycles. The maximum absolute atomic E-state index is 12.9. The molecule has 1 aromatic carbocycles. The molecule has 0 bridgehead atoms. The van der Waals surface area contributed by atoms with Gasteiger partial charge in [-0.25, -0.2) is 4.39 Å². The zero-order chi connectivity index (χ0) is 7.84.